The molecule has 1 saturated heterocycles. The Labute approximate surface area is 260 Å². The first-order chi connectivity index (χ1) is 20.8. The van der Waals surface area contributed by atoms with E-state index in [1.165, 1.54) is 11.3 Å². The number of para-hydroxylation sites is 1. The molecule has 2 aliphatic heterocycles. The maximum atomic E-state index is 14.2. The molecule has 6 rings (SSSR count). The van der Waals surface area contributed by atoms with Gasteiger partial charge in [0.25, 0.3) is 5.56 Å². The first-order valence-corrected chi connectivity index (χ1v) is 15.8. The van der Waals surface area contributed by atoms with Crippen molar-refractivity contribution in [2.45, 2.75) is 39.3 Å². The fourth-order valence-corrected chi connectivity index (χ4v) is 7.30. The standard InChI is InChI=1S/C32H31BrN4O5S/c1-4-42-31(40)28-19(2)34-32-37(29(28)23-16-21(33)11-12-25(23)41-3)30(39)26(43-32)15-20-17-36(24-10-6-5-9-22(20)24)18-27(38)35-13-7-8-14-35/h5-6,9-12,15-17,29H,4,7-8,13-14,18H2,1-3H3/b26-15-/t29-/m1/s1. The zero-order chi connectivity index (χ0) is 30.2. The minimum atomic E-state index is -0.802. The number of carbonyl (C=O) groups is 2. The van der Waals surface area contributed by atoms with E-state index >= 15 is 0 Å². The van der Waals surface area contributed by atoms with Crippen molar-refractivity contribution in [3.8, 4) is 5.75 Å². The largest absolute Gasteiger partial charge is 0.496 e. The van der Waals surface area contributed by atoms with Gasteiger partial charge in [0.15, 0.2) is 4.80 Å². The van der Waals surface area contributed by atoms with Crippen LogP contribution in [0.4, 0.5) is 0 Å². The van der Waals surface area contributed by atoms with Crippen molar-refractivity contribution >= 4 is 56.1 Å². The van der Waals surface area contributed by atoms with E-state index in [1.807, 2.05) is 58.1 Å². The molecule has 9 nitrogen and oxygen atoms in total. The van der Waals surface area contributed by atoms with E-state index in [9.17, 15) is 14.4 Å². The Balaban J connectivity index is 1.51. The summed E-state index contributed by atoms with van der Waals surface area (Å²) in [6.07, 6.45) is 5.85. The van der Waals surface area contributed by atoms with E-state index < -0.39 is 12.0 Å². The monoisotopic (exact) mass is 662 g/mol. The maximum absolute atomic E-state index is 14.2. The summed E-state index contributed by atoms with van der Waals surface area (Å²) in [5.41, 5.74) is 2.87. The Morgan fingerprint density at radius 2 is 1.93 bits per heavy atom. The van der Waals surface area contributed by atoms with Gasteiger partial charge < -0.3 is 18.9 Å². The molecule has 0 radical (unpaired) electrons. The predicted molar refractivity (Wildman–Crippen MR) is 169 cm³/mol. The molecule has 4 aromatic rings. The Bertz CT molecular complexity index is 1970. The van der Waals surface area contributed by atoms with E-state index in [0.717, 1.165) is 46.9 Å². The van der Waals surface area contributed by atoms with Crippen LogP contribution in [0.15, 0.2) is 74.2 Å². The molecular formula is C32H31BrN4O5S. The molecule has 1 amide bonds. The van der Waals surface area contributed by atoms with Crippen LogP contribution in [0.25, 0.3) is 17.0 Å². The highest BCUT2D eigenvalue weighted by atomic mass is 79.9. The Hall–Kier alpha value is -3.96. The van der Waals surface area contributed by atoms with Gasteiger partial charge in [-0.05, 0) is 57.0 Å². The molecule has 2 aliphatic rings. The van der Waals surface area contributed by atoms with Crippen LogP contribution < -0.4 is 19.6 Å². The summed E-state index contributed by atoms with van der Waals surface area (Å²) >= 11 is 4.80. The lowest BCUT2D eigenvalue weighted by atomic mass is 9.95. The van der Waals surface area contributed by atoms with Crippen molar-refractivity contribution in [3.05, 3.63) is 95.2 Å². The third-order valence-electron chi connectivity index (χ3n) is 7.87. The third kappa shape index (κ3) is 5.36. The van der Waals surface area contributed by atoms with Crippen molar-refractivity contribution in [1.29, 1.82) is 0 Å². The number of ether oxygens (including phenoxy) is 2. The van der Waals surface area contributed by atoms with Crippen LogP contribution in [-0.2, 0) is 20.9 Å². The third-order valence-corrected chi connectivity index (χ3v) is 9.35. The van der Waals surface area contributed by atoms with Gasteiger partial charge in [0, 0.05) is 45.8 Å². The highest BCUT2D eigenvalue weighted by Gasteiger charge is 2.35. The zero-order valence-corrected chi connectivity index (χ0v) is 26.5. The molecule has 11 heteroatoms. The summed E-state index contributed by atoms with van der Waals surface area (Å²) in [4.78, 5) is 47.6. The molecule has 0 N–H and O–H groups in total. The number of nitrogens with zero attached hydrogens (tertiary/aromatic N) is 4. The number of fused-ring (bicyclic) bond motifs is 2. The van der Waals surface area contributed by atoms with Crippen LogP contribution >= 0.6 is 27.3 Å². The molecule has 0 unspecified atom stereocenters. The quantitative estimate of drug-likeness (QED) is 0.277. The van der Waals surface area contributed by atoms with Gasteiger partial charge in [-0.2, -0.15) is 0 Å². The fraction of sp³-hybridized carbons (Fsp3) is 0.312. The Kier molecular flexibility index (Phi) is 8.11. The average Bonchev–Trinajstić information content (AvgIpc) is 3.72. The summed E-state index contributed by atoms with van der Waals surface area (Å²) < 4.78 is 15.8. The molecule has 0 bridgehead atoms. The second-order valence-electron chi connectivity index (χ2n) is 10.5. The number of carbonyl (C=O) groups excluding carboxylic acids is 2. The number of likely N-dealkylation sites (tertiary alicyclic amines) is 1. The first-order valence-electron chi connectivity index (χ1n) is 14.2. The van der Waals surface area contributed by atoms with Crippen molar-refractivity contribution in [3.63, 3.8) is 0 Å². The molecular weight excluding hydrogens is 632 g/mol. The van der Waals surface area contributed by atoms with Crippen molar-refractivity contribution in [1.82, 2.24) is 14.0 Å². The molecule has 2 aromatic carbocycles. The number of allylic oxidation sites excluding steroid dienone is 1. The normalized spacial score (nSPS) is 16.9. The molecule has 43 heavy (non-hydrogen) atoms. The van der Waals surface area contributed by atoms with Gasteiger partial charge in [-0.3, -0.25) is 14.2 Å². The topological polar surface area (TPSA) is 95.1 Å². The van der Waals surface area contributed by atoms with Gasteiger partial charge in [-0.15, -0.1) is 0 Å². The lowest BCUT2D eigenvalue weighted by molar-refractivity contribution is -0.139. The van der Waals surface area contributed by atoms with Crippen molar-refractivity contribution < 1.29 is 19.1 Å². The summed E-state index contributed by atoms with van der Waals surface area (Å²) in [6, 6.07) is 12.6. The van der Waals surface area contributed by atoms with Crippen LogP contribution in [0.5, 0.6) is 5.75 Å². The van der Waals surface area contributed by atoms with Gasteiger partial charge in [-0.25, -0.2) is 9.79 Å². The average molecular weight is 664 g/mol. The van der Waals surface area contributed by atoms with E-state index in [1.54, 1.807) is 31.6 Å². The number of amides is 1. The summed E-state index contributed by atoms with van der Waals surface area (Å²) in [6.45, 7) is 5.51. The molecule has 1 fully saturated rings. The van der Waals surface area contributed by atoms with Crippen LogP contribution in [0.1, 0.15) is 43.9 Å². The van der Waals surface area contributed by atoms with Crippen molar-refractivity contribution in [2.75, 3.05) is 26.8 Å². The lowest BCUT2D eigenvalue weighted by Gasteiger charge is -2.26. The zero-order valence-electron chi connectivity index (χ0n) is 24.1. The lowest BCUT2D eigenvalue weighted by Crippen LogP contribution is -2.40. The Morgan fingerprint density at radius 1 is 1.16 bits per heavy atom. The number of benzene rings is 2. The van der Waals surface area contributed by atoms with Crippen LogP contribution in [0.2, 0.25) is 0 Å². The van der Waals surface area contributed by atoms with Crippen molar-refractivity contribution in [2.24, 2.45) is 4.99 Å². The van der Waals surface area contributed by atoms with Gasteiger partial charge in [0.2, 0.25) is 5.91 Å². The minimum absolute atomic E-state index is 0.0918. The van der Waals surface area contributed by atoms with Gasteiger partial charge in [0.05, 0.1) is 29.5 Å². The first kappa shape index (κ1) is 29.1. The summed E-state index contributed by atoms with van der Waals surface area (Å²) in [5.74, 6) is 0.0925. The number of methoxy groups -OCH3 is 1. The second-order valence-corrected chi connectivity index (χ2v) is 12.4. The number of rotatable bonds is 7. The van der Waals surface area contributed by atoms with E-state index in [0.29, 0.717) is 26.3 Å². The van der Waals surface area contributed by atoms with E-state index in [-0.39, 0.29) is 30.2 Å². The molecule has 1 atom stereocenters. The number of esters is 1. The molecule has 222 valence electrons. The van der Waals surface area contributed by atoms with Gasteiger partial charge in [-0.1, -0.05) is 45.5 Å². The SMILES string of the molecule is CCOC(=O)C1=C(C)N=c2s/c(=C\c3cn(CC(=O)N4CCCC4)c4ccccc34)c(=O)n2[C@@H]1c1cc(Br)ccc1OC. The molecule has 4 heterocycles. The molecule has 2 aromatic heterocycles. The second kappa shape index (κ2) is 12.0. The van der Waals surface area contributed by atoms with E-state index in [4.69, 9.17) is 14.5 Å². The highest BCUT2D eigenvalue weighted by molar-refractivity contribution is 9.10. The highest BCUT2D eigenvalue weighted by Crippen LogP contribution is 2.37. The smallest absolute Gasteiger partial charge is 0.338 e. The van der Waals surface area contributed by atoms with Gasteiger partial charge in [0.1, 0.15) is 18.3 Å². The predicted octanol–water partition coefficient (Wildman–Crippen LogP) is 4.15. The number of aromatic nitrogens is 2. The van der Waals surface area contributed by atoms with Crippen LogP contribution in [0, 0.1) is 0 Å². The van der Waals surface area contributed by atoms with Gasteiger partial charge >= 0.3 is 5.97 Å². The minimum Gasteiger partial charge on any atom is -0.496 e. The fourth-order valence-electron chi connectivity index (χ4n) is 5.88. The van der Waals surface area contributed by atoms with Crippen LogP contribution in [0.3, 0.4) is 0 Å². The molecule has 0 spiro atoms. The summed E-state index contributed by atoms with van der Waals surface area (Å²) in [5, 5.41) is 0.941. The number of thiazole rings is 1. The van der Waals surface area contributed by atoms with Crippen LogP contribution in [-0.4, -0.2) is 52.7 Å². The summed E-state index contributed by atoms with van der Waals surface area (Å²) in [7, 11) is 1.56. The molecule has 0 aliphatic carbocycles. The number of hydrogen-bond acceptors (Lipinski definition) is 7. The maximum Gasteiger partial charge on any atom is 0.338 e. The van der Waals surface area contributed by atoms with E-state index in [2.05, 4.69) is 15.9 Å². The Morgan fingerprint density at radius 3 is 2.67 bits per heavy atom. The molecule has 0 saturated carbocycles. The number of hydrogen-bond donors (Lipinski definition) is 0. The number of halogens is 1.